The van der Waals surface area contributed by atoms with Crippen molar-refractivity contribution >= 4 is 28.5 Å². The molecule has 1 fully saturated rings. The number of aromatic nitrogens is 2. The first-order valence-corrected chi connectivity index (χ1v) is 6.61. The number of carbonyl (C=O) groups is 1. The first-order chi connectivity index (χ1) is 8.78. The van der Waals surface area contributed by atoms with Crippen LogP contribution in [0.3, 0.4) is 0 Å². The SMILES string of the molecule is O=C(Cn1c(CCl)nc2ccccc21)NC1CC1. The minimum Gasteiger partial charge on any atom is -0.352 e. The Bertz CT molecular complexity index is 589. The molecule has 3 rings (SSSR count). The summed E-state index contributed by atoms with van der Waals surface area (Å²) in [5, 5.41) is 2.98. The number of hydrogen-bond acceptors (Lipinski definition) is 2. The Morgan fingerprint density at radius 1 is 1.44 bits per heavy atom. The summed E-state index contributed by atoms with van der Waals surface area (Å²) in [7, 11) is 0. The molecule has 0 spiro atoms. The maximum absolute atomic E-state index is 11.9. The zero-order chi connectivity index (χ0) is 12.5. The van der Waals surface area contributed by atoms with Crippen molar-refractivity contribution in [2.24, 2.45) is 0 Å². The van der Waals surface area contributed by atoms with E-state index in [1.165, 1.54) is 0 Å². The molecule has 94 valence electrons. The summed E-state index contributed by atoms with van der Waals surface area (Å²) < 4.78 is 1.89. The molecule has 4 nitrogen and oxygen atoms in total. The Balaban J connectivity index is 1.90. The third kappa shape index (κ3) is 2.20. The van der Waals surface area contributed by atoms with Gasteiger partial charge in [0.15, 0.2) is 0 Å². The molecule has 1 N–H and O–H groups in total. The average Bonchev–Trinajstić information content (AvgIpc) is 3.11. The topological polar surface area (TPSA) is 46.9 Å². The van der Waals surface area contributed by atoms with Gasteiger partial charge in [0, 0.05) is 6.04 Å². The number of fused-ring (bicyclic) bond motifs is 1. The van der Waals surface area contributed by atoms with Crippen molar-refractivity contribution in [3.63, 3.8) is 0 Å². The van der Waals surface area contributed by atoms with E-state index in [-0.39, 0.29) is 5.91 Å². The van der Waals surface area contributed by atoms with E-state index >= 15 is 0 Å². The van der Waals surface area contributed by atoms with Crippen molar-refractivity contribution in [1.29, 1.82) is 0 Å². The van der Waals surface area contributed by atoms with Crippen LogP contribution >= 0.6 is 11.6 Å². The first kappa shape index (κ1) is 11.5. The second-order valence-corrected chi connectivity index (χ2v) is 4.85. The molecule has 2 aromatic rings. The summed E-state index contributed by atoms with van der Waals surface area (Å²) >= 11 is 5.89. The standard InChI is InChI=1S/C13H14ClN3O/c14-7-12-16-10-3-1-2-4-11(10)17(12)8-13(18)15-9-5-6-9/h1-4,9H,5-8H2,(H,15,18). The molecule has 1 saturated carbocycles. The third-order valence-corrected chi connectivity index (χ3v) is 3.34. The van der Waals surface area contributed by atoms with E-state index in [9.17, 15) is 4.79 Å². The Kier molecular flexibility index (Phi) is 2.96. The highest BCUT2D eigenvalue weighted by molar-refractivity contribution is 6.16. The van der Waals surface area contributed by atoms with Gasteiger partial charge in [0.05, 0.1) is 16.9 Å². The molecule has 0 saturated heterocycles. The van der Waals surface area contributed by atoms with Crippen LogP contribution in [0.15, 0.2) is 24.3 Å². The lowest BCUT2D eigenvalue weighted by molar-refractivity contribution is -0.121. The molecule has 1 aliphatic rings. The zero-order valence-electron chi connectivity index (χ0n) is 9.90. The number of halogens is 1. The van der Waals surface area contributed by atoms with Crippen molar-refractivity contribution in [3.05, 3.63) is 30.1 Å². The van der Waals surface area contributed by atoms with Gasteiger partial charge in [-0.1, -0.05) is 12.1 Å². The molecule has 0 unspecified atom stereocenters. The predicted octanol–water partition coefficient (Wildman–Crippen LogP) is 2.05. The number of benzene rings is 1. The van der Waals surface area contributed by atoms with E-state index in [1.54, 1.807) is 0 Å². The minimum absolute atomic E-state index is 0.0343. The lowest BCUT2D eigenvalue weighted by atomic mass is 10.3. The summed E-state index contributed by atoms with van der Waals surface area (Å²) in [5.74, 6) is 1.08. The molecule has 18 heavy (non-hydrogen) atoms. The van der Waals surface area contributed by atoms with Crippen LogP contribution in [0.2, 0.25) is 0 Å². The van der Waals surface area contributed by atoms with E-state index in [4.69, 9.17) is 11.6 Å². The number of hydrogen-bond donors (Lipinski definition) is 1. The largest absolute Gasteiger partial charge is 0.352 e. The van der Waals surface area contributed by atoms with Gasteiger partial charge in [-0.3, -0.25) is 4.79 Å². The van der Waals surface area contributed by atoms with Crippen LogP contribution in [-0.2, 0) is 17.2 Å². The number of alkyl halides is 1. The van der Waals surface area contributed by atoms with Gasteiger partial charge in [-0.25, -0.2) is 4.98 Å². The first-order valence-electron chi connectivity index (χ1n) is 6.07. The lowest BCUT2D eigenvalue weighted by Gasteiger charge is -2.07. The van der Waals surface area contributed by atoms with Crippen LogP contribution in [0.25, 0.3) is 11.0 Å². The Morgan fingerprint density at radius 3 is 2.94 bits per heavy atom. The van der Waals surface area contributed by atoms with Crippen LogP contribution in [0, 0.1) is 0 Å². The summed E-state index contributed by atoms with van der Waals surface area (Å²) in [5.41, 5.74) is 1.84. The molecule has 1 aromatic heterocycles. The van der Waals surface area contributed by atoms with Crippen molar-refractivity contribution in [2.75, 3.05) is 0 Å². The van der Waals surface area contributed by atoms with Gasteiger partial charge in [0.1, 0.15) is 12.4 Å². The molecule has 0 aliphatic heterocycles. The van der Waals surface area contributed by atoms with Gasteiger partial charge in [-0.15, -0.1) is 11.6 Å². The fourth-order valence-corrected chi connectivity index (χ4v) is 2.25. The maximum Gasteiger partial charge on any atom is 0.240 e. The van der Waals surface area contributed by atoms with Gasteiger partial charge in [-0.05, 0) is 25.0 Å². The number of imidazole rings is 1. The lowest BCUT2D eigenvalue weighted by Crippen LogP contribution is -2.29. The van der Waals surface area contributed by atoms with E-state index in [2.05, 4.69) is 10.3 Å². The predicted molar refractivity (Wildman–Crippen MR) is 70.5 cm³/mol. The van der Waals surface area contributed by atoms with E-state index in [1.807, 2.05) is 28.8 Å². The fraction of sp³-hybridized carbons (Fsp3) is 0.385. The third-order valence-electron chi connectivity index (χ3n) is 3.10. The maximum atomic E-state index is 11.9. The van der Waals surface area contributed by atoms with Crippen molar-refractivity contribution in [3.8, 4) is 0 Å². The van der Waals surface area contributed by atoms with Crippen LogP contribution in [0.1, 0.15) is 18.7 Å². The molecule has 5 heteroatoms. The highest BCUT2D eigenvalue weighted by atomic mass is 35.5. The quantitative estimate of drug-likeness (QED) is 0.859. The number of rotatable bonds is 4. The summed E-state index contributed by atoms with van der Waals surface area (Å²) in [6, 6.07) is 8.15. The van der Waals surface area contributed by atoms with Crippen LogP contribution < -0.4 is 5.32 Å². The van der Waals surface area contributed by atoms with Gasteiger partial charge >= 0.3 is 0 Å². The summed E-state index contributed by atoms with van der Waals surface area (Å²) in [6.07, 6.45) is 2.19. The number of nitrogens with one attached hydrogen (secondary N) is 1. The zero-order valence-corrected chi connectivity index (χ0v) is 10.7. The highest BCUT2D eigenvalue weighted by Crippen LogP contribution is 2.20. The molecular formula is C13H14ClN3O. The molecule has 0 atom stereocenters. The average molecular weight is 264 g/mol. The Labute approximate surface area is 110 Å². The van der Waals surface area contributed by atoms with E-state index in [0.29, 0.717) is 18.5 Å². The number of carbonyl (C=O) groups excluding carboxylic acids is 1. The van der Waals surface area contributed by atoms with Crippen LogP contribution in [0.4, 0.5) is 0 Å². The van der Waals surface area contributed by atoms with Gasteiger partial charge < -0.3 is 9.88 Å². The van der Waals surface area contributed by atoms with Gasteiger partial charge in [0.25, 0.3) is 0 Å². The minimum atomic E-state index is 0.0343. The van der Waals surface area contributed by atoms with Crippen LogP contribution in [-0.4, -0.2) is 21.5 Å². The number of para-hydroxylation sites is 2. The van der Waals surface area contributed by atoms with Crippen LogP contribution in [0.5, 0.6) is 0 Å². The monoisotopic (exact) mass is 263 g/mol. The molecule has 1 heterocycles. The molecule has 0 radical (unpaired) electrons. The van der Waals surface area contributed by atoms with Crippen molar-refractivity contribution in [1.82, 2.24) is 14.9 Å². The molecule has 1 amide bonds. The number of amides is 1. The molecule has 0 bridgehead atoms. The summed E-state index contributed by atoms with van der Waals surface area (Å²) in [6.45, 7) is 0.291. The molecule has 1 aliphatic carbocycles. The highest BCUT2D eigenvalue weighted by Gasteiger charge is 2.23. The smallest absolute Gasteiger partial charge is 0.240 e. The second-order valence-electron chi connectivity index (χ2n) is 4.58. The van der Waals surface area contributed by atoms with Gasteiger partial charge in [0.2, 0.25) is 5.91 Å². The normalized spacial score (nSPS) is 14.9. The second kappa shape index (κ2) is 4.61. The van der Waals surface area contributed by atoms with E-state index in [0.717, 1.165) is 29.7 Å². The molecule has 1 aromatic carbocycles. The Morgan fingerprint density at radius 2 is 2.22 bits per heavy atom. The van der Waals surface area contributed by atoms with E-state index < -0.39 is 0 Å². The summed E-state index contributed by atoms with van der Waals surface area (Å²) in [4.78, 5) is 16.3. The van der Waals surface area contributed by atoms with Crippen molar-refractivity contribution in [2.45, 2.75) is 31.3 Å². The van der Waals surface area contributed by atoms with Crippen molar-refractivity contribution < 1.29 is 4.79 Å². The fourth-order valence-electron chi connectivity index (χ4n) is 2.05. The van der Waals surface area contributed by atoms with Gasteiger partial charge in [-0.2, -0.15) is 0 Å². The molecular weight excluding hydrogens is 250 g/mol. The Hall–Kier alpha value is -1.55. The number of nitrogens with zero attached hydrogens (tertiary/aromatic N) is 2.